The summed E-state index contributed by atoms with van der Waals surface area (Å²) >= 11 is 0. The van der Waals surface area contributed by atoms with Crippen LogP contribution in [0.2, 0.25) is 0 Å². The fourth-order valence-electron chi connectivity index (χ4n) is 4.25. The van der Waals surface area contributed by atoms with Crippen molar-refractivity contribution in [3.8, 4) is 0 Å². The minimum absolute atomic E-state index is 0.0787. The second-order valence-electron chi connectivity index (χ2n) is 8.97. The highest BCUT2D eigenvalue weighted by atomic mass is 19.3. The predicted molar refractivity (Wildman–Crippen MR) is 121 cm³/mol. The molecule has 1 nitrogen and oxygen atoms in total. The normalized spacial score (nSPS) is 12.2. The van der Waals surface area contributed by atoms with Crippen molar-refractivity contribution in [1.82, 2.24) is 0 Å². The van der Waals surface area contributed by atoms with Crippen LogP contribution in [0.3, 0.4) is 0 Å². The van der Waals surface area contributed by atoms with Crippen molar-refractivity contribution in [2.24, 2.45) is 0 Å². The number of unbranched alkanes of at least 4 members (excludes halogenated alkanes) is 15. The van der Waals surface area contributed by atoms with Crippen LogP contribution in [-0.2, 0) is 0 Å². The Labute approximate surface area is 176 Å². The molecule has 0 aromatic rings. The maximum absolute atomic E-state index is 14.2. The first kappa shape index (κ1) is 27.8. The Morgan fingerprint density at radius 3 is 0.929 bits per heavy atom. The zero-order valence-electron chi connectivity index (χ0n) is 19.6. The third-order valence-corrected chi connectivity index (χ3v) is 6.29. The summed E-state index contributed by atoms with van der Waals surface area (Å²) in [5, 5.41) is 0. The SMILES string of the molecule is CCCCCCCC[N+](CCCCCCCC)(CCCCCCCC)C(F)F. The molecule has 170 valence electrons. The van der Waals surface area contributed by atoms with E-state index < -0.39 is 6.55 Å². The number of hydrogen-bond acceptors (Lipinski definition) is 0. The van der Waals surface area contributed by atoms with Gasteiger partial charge in [0.05, 0.1) is 19.6 Å². The van der Waals surface area contributed by atoms with Crippen molar-refractivity contribution < 1.29 is 13.3 Å². The van der Waals surface area contributed by atoms with Gasteiger partial charge >= 0.3 is 6.55 Å². The fourth-order valence-corrected chi connectivity index (χ4v) is 4.25. The van der Waals surface area contributed by atoms with Gasteiger partial charge in [0.1, 0.15) is 0 Å². The smallest absolute Gasteiger partial charge is 0.266 e. The molecule has 0 radical (unpaired) electrons. The van der Waals surface area contributed by atoms with Crippen LogP contribution in [0.4, 0.5) is 8.78 Å². The van der Waals surface area contributed by atoms with Gasteiger partial charge in [0.15, 0.2) is 0 Å². The lowest BCUT2D eigenvalue weighted by molar-refractivity contribution is -0.979. The van der Waals surface area contributed by atoms with Gasteiger partial charge in [0.2, 0.25) is 0 Å². The van der Waals surface area contributed by atoms with Gasteiger partial charge in [-0.05, 0) is 38.5 Å². The average Bonchev–Trinajstić information content (AvgIpc) is 2.69. The summed E-state index contributed by atoms with van der Waals surface area (Å²) in [6.45, 7) is 6.52. The van der Waals surface area contributed by atoms with Crippen LogP contribution in [0.1, 0.15) is 136 Å². The number of quaternary nitrogens is 1. The van der Waals surface area contributed by atoms with E-state index in [-0.39, 0.29) is 4.48 Å². The van der Waals surface area contributed by atoms with E-state index in [4.69, 9.17) is 0 Å². The van der Waals surface area contributed by atoms with Crippen molar-refractivity contribution in [3.63, 3.8) is 0 Å². The van der Waals surface area contributed by atoms with Gasteiger partial charge in [-0.2, -0.15) is 8.78 Å². The molecular weight excluding hydrogens is 352 g/mol. The molecule has 0 saturated heterocycles. The summed E-state index contributed by atoms with van der Waals surface area (Å²) in [5.74, 6) is 0. The summed E-state index contributed by atoms with van der Waals surface area (Å²) in [5.41, 5.74) is 0. The Morgan fingerprint density at radius 1 is 0.429 bits per heavy atom. The number of nitrogens with zero attached hydrogens (tertiary/aromatic N) is 1. The summed E-state index contributed by atoms with van der Waals surface area (Å²) in [7, 11) is 0. The van der Waals surface area contributed by atoms with Crippen LogP contribution in [-0.4, -0.2) is 30.7 Å². The fraction of sp³-hybridized carbons (Fsp3) is 1.00. The molecule has 0 bridgehead atoms. The first-order valence-electron chi connectivity index (χ1n) is 12.8. The maximum Gasteiger partial charge on any atom is 0.380 e. The Bertz CT molecular complexity index is 266. The Hall–Kier alpha value is -0.180. The molecule has 0 N–H and O–H groups in total. The van der Waals surface area contributed by atoms with Crippen molar-refractivity contribution in [3.05, 3.63) is 0 Å². The zero-order chi connectivity index (χ0) is 20.9. The van der Waals surface area contributed by atoms with Gasteiger partial charge in [-0.3, -0.25) is 4.48 Å². The van der Waals surface area contributed by atoms with Crippen LogP contribution >= 0.6 is 0 Å². The van der Waals surface area contributed by atoms with Crippen LogP contribution < -0.4 is 0 Å². The van der Waals surface area contributed by atoms with Gasteiger partial charge in [0, 0.05) is 0 Å². The minimum atomic E-state index is -2.21. The summed E-state index contributed by atoms with van der Waals surface area (Å²) in [6.07, 6.45) is 21.3. The number of rotatable bonds is 22. The summed E-state index contributed by atoms with van der Waals surface area (Å²) < 4.78 is 28.5. The summed E-state index contributed by atoms with van der Waals surface area (Å²) in [6, 6.07) is 0. The van der Waals surface area contributed by atoms with Gasteiger partial charge in [-0.15, -0.1) is 0 Å². The van der Waals surface area contributed by atoms with Gasteiger partial charge in [-0.1, -0.05) is 97.8 Å². The highest BCUT2D eigenvalue weighted by Crippen LogP contribution is 2.23. The van der Waals surface area contributed by atoms with Crippen molar-refractivity contribution >= 4 is 0 Å². The van der Waals surface area contributed by atoms with Crippen molar-refractivity contribution in [2.75, 3.05) is 19.6 Å². The first-order valence-corrected chi connectivity index (χ1v) is 12.8. The van der Waals surface area contributed by atoms with E-state index in [9.17, 15) is 8.78 Å². The second-order valence-corrected chi connectivity index (χ2v) is 8.97. The van der Waals surface area contributed by atoms with Gasteiger partial charge < -0.3 is 0 Å². The molecule has 0 rings (SSSR count). The van der Waals surface area contributed by atoms with E-state index >= 15 is 0 Å². The molecule has 0 saturated carbocycles. The lowest BCUT2D eigenvalue weighted by atomic mass is 10.1. The monoisotopic (exact) mass is 404 g/mol. The third-order valence-electron chi connectivity index (χ3n) is 6.29. The highest BCUT2D eigenvalue weighted by molar-refractivity contribution is 4.52. The predicted octanol–water partition coefficient (Wildman–Crippen LogP) is 9.11. The summed E-state index contributed by atoms with van der Waals surface area (Å²) in [4.78, 5) is 0. The van der Waals surface area contributed by atoms with Crippen molar-refractivity contribution in [2.45, 2.75) is 143 Å². The molecule has 0 amide bonds. The van der Waals surface area contributed by atoms with Crippen LogP contribution in [0.5, 0.6) is 0 Å². The van der Waals surface area contributed by atoms with E-state index in [0.717, 1.165) is 38.5 Å². The molecular formula is C25H52F2N+. The quantitative estimate of drug-likeness (QED) is 0.0958. The molecule has 0 aromatic heterocycles. The van der Waals surface area contributed by atoms with Crippen molar-refractivity contribution in [1.29, 1.82) is 0 Å². The number of halogens is 2. The molecule has 0 unspecified atom stereocenters. The molecule has 0 aromatic carbocycles. The molecule has 0 aliphatic carbocycles. The zero-order valence-corrected chi connectivity index (χ0v) is 19.6. The van der Waals surface area contributed by atoms with E-state index in [2.05, 4.69) is 20.8 Å². The Kier molecular flexibility index (Phi) is 20.0. The topological polar surface area (TPSA) is 0 Å². The molecule has 0 aliphatic rings. The van der Waals surface area contributed by atoms with Gasteiger partial charge in [0.25, 0.3) is 0 Å². The Morgan fingerprint density at radius 2 is 0.679 bits per heavy atom. The molecule has 0 atom stereocenters. The third kappa shape index (κ3) is 14.8. The molecule has 0 fully saturated rings. The second kappa shape index (κ2) is 20.1. The Balaban J connectivity index is 4.45. The molecule has 28 heavy (non-hydrogen) atoms. The van der Waals surface area contributed by atoms with E-state index in [1.807, 2.05) is 0 Å². The standard InChI is InChI=1S/C25H52F2N/c1-4-7-10-13-16-19-22-28(25(26)27,23-20-17-14-11-8-5-2)24-21-18-15-12-9-6-3/h25H,4-24H2,1-3H3/q+1. The largest absolute Gasteiger partial charge is 0.380 e. The van der Waals surface area contributed by atoms with E-state index in [1.165, 1.54) is 77.0 Å². The first-order chi connectivity index (χ1) is 13.6. The van der Waals surface area contributed by atoms with E-state index in [1.54, 1.807) is 0 Å². The van der Waals surface area contributed by atoms with E-state index in [0.29, 0.717) is 19.6 Å². The molecule has 3 heteroatoms. The minimum Gasteiger partial charge on any atom is -0.266 e. The van der Waals surface area contributed by atoms with Crippen LogP contribution in [0.25, 0.3) is 0 Å². The maximum atomic E-state index is 14.2. The highest BCUT2D eigenvalue weighted by Gasteiger charge is 2.35. The lowest BCUT2D eigenvalue weighted by Gasteiger charge is -2.38. The van der Waals surface area contributed by atoms with Gasteiger partial charge in [-0.25, -0.2) is 0 Å². The van der Waals surface area contributed by atoms with Crippen LogP contribution in [0.15, 0.2) is 0 Å². The number of alkyl halides is 2. The lowest BCUT2D eigenvalue weighted by Crippen LogP contribution is -2.53. The molecule has 0 spiro atoms. The average molecular weight is 405 g/mol. The molecule has 0 heterocycles. The van der Waals surface area contributed by atoms with Crippen LogP contribution in [0, 0.1) is 0 Å². The molecule has 0 aliphatic heterocycles. The number of hydrogen-bond donors (Lipinski definition) is 0.